The lowest BCUT2D eigenvalue weighted by atomic mass is 10.1. The molecule has 0 fully saturated rings. The number of nitrogens with one attached hydrogen (secondary N) is 1. The van der Waals surface area contributed by atoms with Crippen LogP contribution in [-0.2, 0) is 0 Å². The van der Waals surface area contributed by atoms with Gasteiger partial charge in [0.15, 0.2) is 5.82 Å². The number of benzene rings is 1. The van der Waals surface area contributed by atoms with Crippen LogP contribution >= 0.6 is 11.3 Å². The zero-order valence-corrected chi connectivity index (χ0v) is 14.4. The smallest absolute Gasteiger partial charge is 0.170 e. The summed E-state index contributed by atoms with van der Waals surface area (Å²) in [6.45, 7) is 0. The van der Waals surface area contributed by atoms with Crippen molar-refractivity contribution in [3.8, 4) is 21.1 Å². The van der Waals surface area contributed by atoms with Crippen LogP contribution in [0.15, 0.2) is 67.0 Å². The molecule has 0 saturated carbocycles. The number of imidazole rings is 1. The first-order valence-corrected chi connectivity index (χ1v) is 8.91. The SMILES string of the molecule is NNc1nnc(-c2ccc(-c3cn4ccccc4n3)s2)c2ccccc12. The Morgan fingerprint density at radius 2 is 1.69 bits per heavy atom. The van der Waals surface area contributed by atoms with E-state index in [1.807, 2.05) is 59.3 Å². The standard InChI is InChI=1S/C19H14N6S/c20-22-19-13-6-2-1-5-12(13)18(23-24-19)16-9-8-15(26-16)14-11-25-10-4-3-7-17(25)21-14/h1-11H,20H2,(H,22,24). The van der Waals surface area contributed by atoms with Gasteiger partial charge in [-0.25, -0.2) is 10.8 Å². The van der Waals surface area contributed by atoms with Gasteiger partial charge in [-0.1, -0.05) is 30.3 Å². The van der Waals surface area contributed by atoms with Gasteiger partial charge in [-0.2, -0.15) is 0 Å². The lowest BCUT2D eigenvalue weighted by Gasteiger charge is -2.07. The quantitative estimate of drug-likeness (QED) is 0.377. The van der Waals surface area contributed by atoms with E-state index in [1.54, 1.807) is 11.3 Å². The van der Waals surface area contributed by atoms with E-state index >= 15 is 0 Å². The summed E-state index contributed by atoms with van der Waals surface area (Å²) in [7, 11) is 0. The molecule has 4 heterocycles. The number of anilines is 1. The first kappa shape index (κ1) is 15.0. The van der Waals surface area contributed by atoms with Crippen molar-refractivity contribution in [1.82, 2.24) is 19.6 Å². The molecular weight excluding hydrogens is 344 g/mol. The highest BCUT2D eigenvalue weighted by Gasteiger charge is 2.14. The fraction of sp³-hybridized carbons (Fsp3) is 0. The van der Waals surface area contributed by atoms with Gasteiger partial charge < -0.3 is 9.83 Å². The highest BCUT2D eigenvalue weighted by molar-refractivity contribution is 7.18. The number of hydrogen-bond acceptors (Lipinski definition) is 6. The van der Waals surface area contributed by atoms with Gasteiger partial charge >= 0.3 is 0 Å². The predicted molar refractivity (Wildman–Crippen MR) is 105 cm³/mol. The Morgan fingerprint density at radius 1 is 0.885 bits per heavy atom. The van der Waals surface area contributed by atoms with E-state index in [-0.39, 0.29) is 0 Å². The highest BCUT2D eigenvalue weighted by Crippen LogP contribution is 2.37. The van der Waals surface area contributed by atoms with E-state index in [1.165, 1.54) is 0 Å². The summed E-state index contributed by atoms with van der Waals surface area (Å²) in [5, 5.41) is 10.6. The van der Waals surface area contributed by atoms with E-state index in [9.17, 15) is 0 Å². The Bertz CT molecular complexity index is 1210. The van der Waals surface area contributed by atoms with Gasteiger partial charge in [0.1, 0.15) is 11.3 Å². The molecule has 6 nitrogen and oxygen atoms in total. The van der Waals surface area contributed by atoms with E-state index in [0.29, 0.717) is 5.82 Å². The zero-order chi connectivity index (χ0) is 17.5. The van der Waals surface area contributed by atoms with Crippen molar-refractivity contribution in [2.75, 3.05) is 5.43 Å². The van der Waals surface area contributed by atoms with E-state index < -0.39 is 0 Å². The molecule has 0 amide bonds. The van der Waals surface area contributed by atoms with Gasteiger partial charge in [-0.15, -0.1) is 21.5 Å². The van der Waals surface area contributed by atoms with Crippen molar-refractivity contribution in [1.29, 1.82) is 0 Å². The summed E-state index contributed by atoms with van der Waals surface area (Å²) in [6, 6.07) is 18.1. The fourth-order valence-electron chi connectivity index (χ4n) is 3.05. The van der Waals surface area contributed by atoms with Crippen molar-refractivity contribution >= 4 is 33.6 Å². The summed E-state index contributed by atoms with van der Waals surface area (Å²) >= 11 is 1.65. The van der Waals surface area contributed by atoms with E-state index in [4.69, 9.17) is 10.8 Å². The average Bonchev–Trinajstić information content (AvgIpc) is 3.34. The number of pyridine rings is 1. The zero-order valence-electron chi connectivity index (χ0n) is 13.6. The normalized spacial score (nSPS) is 11.3. The minimum atomic E-state index is 0.571. The summed E-state index contributed by atoms with van der Waals surface area (Å²) in [5.41, 5.74) is 5.34. The van der Waals surface area contributed by atoms with Crippen molar-refractivity contribution in [2.24, 2.45) is 5.84 Å². The molecule has 0 atom stereocenters. The predicted octanol–water partition coefficient (Wildman–Crippen LogP) is 3.96. The van der Waals surface area contributed by atoms with Crippen LogP contribution in [0, 0.1) is 0 Å². The number of hydrogen-bond donors (Lipinski definition) is 2. The topological polar surface area (TPSA) is 81.1 Å². The summed E-state index contributed by atoms with van der Waals surface area (Å²) in [4.78, 5) is 6.83. The number of nitrogens with two attached hydrogens (primary N) is 1. The molecule has 126 valence electrons. The number of nitrogens with zero attached hydrogens (tertiary/aromatic N) is 4. The Kier molecular flexibility index (Phi) is 3.41. The molecule has 7 heteroatoms. The van der Waals surface area contributed by atoms with Gasteiger partial charge in [0.05, 0.1) is 15.4 Å². The number of aromatic nitrogens is 4. The van der Waals surface area contributed by atoms with Crippen LogP contribution in [-0.4, -0.2) is 19.6 Å². The first-order valence-electron chi connectivity index (χ1n) is 8.10. The second kappa shape index (κ2) is 5.91. The van der Waals surface area contributed by atoms with Crippen LogP contribution in [0.2, 0.25) is 0 Å². The van der Waals surface area contributed by atoms with Crippen LogP contribution < -0.4 is 11.3 Å². The second-order valence-electron chi connectivity index (χ2n) is 5.84. The molecule has 26 heavy (non-hydrogen) atoms. The number of nitrogen functional groups attached to an aromatic ring is 1. The molecule has 3 N–H and O–H groups in total. The Labute approximate surface area is 152 Å². The van der Waals surface area contributed by atoms with Gasteiger partial charge in [0.25, 0.3) is 0 Å². The molecule has 0 saturated heterocycles. The van der Waals surface area contributed by atoms with E-state index in [0.717, 1.165) is 37.6 Å². The van der Waals surface area contributed by atoms with Crippen LogP contribution in [0.1, 0.15) is 0 Å². The van der Waals surface area contributed by atoms with Crippen molar-refractivity contribution in [3.05, 3.63) is 67.0 Å². The molecule has 1 aromatic carbocycles. The fourth-order valence-corrected chi connectivity index (χ4v) is 4.01. The molecular formula is C19H14N6S. The second-order valence-corrected chi connectivity index (χ2v) is 6.93. The maximum Gasteiger partial charge on any atom is 0.170 e. The van der Waals surface area contributed by atoms with Crippen LogP contribution in [0.3, 0.4) is 0 Å². The van der Waals surface area contributed by atoms with Gasteiger partial charge in [-0.05, 0) is 24.3 Å². The summed E-state index contributed by atoms with van der Waals surface area (Å²) < 4.78 is 2.02. The molecule has 0 bridgehead atoms. The van der Waals surface area contributed by atoms with Crippen LogP contribution in [0.4, 0.5) is 5.82 Å². The summed E-state index contributed by atoms with van der Waals surface area (Å²) in [5.74, 6) is 6.13. The molecule has 0 aliphatic carbocycles. The number of rotatable bonds is 3. The summed E-state index contributed by atoms with van der Waals surface area (Å²) in [6.07, 6.45) is 4.04. The van der Waals surface area contributed by atoms with Crippen LogP contribution in [0.25, 0.3) is 37.6 Å². The number of thiophene rings is 1. The van der Waals surface area contributed by atoms with Crippen LogP contribution in [0.5, 0.6) is 0 Å². The molecule has 5 aromatic rings. The third-order valence-electron chi connectivity index (χ3n) is 4.28. The largest absolute Gasteiger partial charge is 0.306 e. The van der Waals surface area contributed by atoms with Crippen molar-refractivity contribution in [2.45, 2.75) is 0 Å². The third-order valence-corrected chi connectivity index (χ3v) is 5.39. The van der Waals surface area contributed by atoms with Crippen molar-refractivity contribution in [3.63, 3.8) is 0 Å². The molecule has 0 aliphatic heterocycles. The lowest BCUT2D eigenvalue weighted by Crippen LogP contribution is -2.10. The molecule has 0 radical (unpaired) electrons. The maximum absolute atomic E-state index is 5.56. The molecule has 4 aromatic heterocycles. The minimum Gasteiger partial charge on any atom is -0.306 e. The lowest BCUT2D eigenvalue weighted by molar-refractivity contribution is 1.05. The molecule has 5 rings (SSSR count). The Hall–Kier alpha value is -3.29. The monoisotopic (exact) mass is 358 g/mol. The maximum atomic E-state index is 5.56. The molecule has 0 unspecified atom stereocenters. The Morgan fingerprint density at radius 3 is 2.54 bits per heavy atom. The van der Waals surface area contributed by atoms with Gasteiger partial charge in [-0.3, -0.25) is 0 Å². The Balaban J connectivity index is 1.63. The highest BCUT2D eigenvalue weighted by atomic mass is 32.1. The average molecular weight is 358 g/mol. The molecule has 0 aliphatic rings. The van der Waals surface area contributed by atoms with Gasteiger partial charge in [0.2, 0.25) is 0 Å². The van der Waals surface area contributed by atoms with E-state index in [2.05, 4.69) is 27.8 Å². The minimum absolute atomic E-state index is 0.571. The third kappa shape index (κ3) is 2.33. The number of fused-ring (bicyclic) bond motifs is 2. The number of hydrazine groups is 1. The van der Waals surface area contributed by atoms with Crippen molar-refractivity contribution < 1.29 is 0 Å². The first-order chi connectivity index (χ1) is 12.8. The molecule has 0 spiro atoms. The van der Waals surface area contributed by atoms with Gasteiger partial charge in [0, 0.05) is 23.2 Å².